The van der Waals surface area contributed by atoms with Crippen LogP contribution in [0.4, 0.5) is 0 Å². The molecule has 0 amide bonds. The van der Waals surface area contributed by atoms with Crippen LogP contribution in [0, 0.1) is 0 Å². The number of thiazole rings is 1. The summed E-state index contributed by atoms with van der Waals surface area (Å²) in [6, 6.07) is 0.478. The number of hydrogen-bond acceptors (Lipinski definition) is 4. The van der Waals surface area contributed by atoms with Crippen LogP contribution in [0.5, 0.6) is 0 Å². The summed E-state index contributed by atoms with van der Waals surface area (Å²) in [7, 11) is 1.76. The molecule has 0 fully saturated rings. The lowest BCUT2D eigenvalue weighted by Gasteiger charge is -2.21. The molecule has 1 N–H and O–H groups in total. The number of rotatable bonds is 5. The van der Waals surface area contributed by atoms with Crippen LogP contribution in [0.15, 0.2) is 0 Å². The van der Waals surface area contributed by atoms with E-state index in [1.807, 2.05) is 11.3 Å². The van der Waals surface area contributed by atoms with E-state index in [-0.39, 0.29) is 6.10 Å². The van der Waals surface area contributed by atoms with Crippen molar-refractivity contribution in [2.24, 2.45) is 0 Å². The standard InChI is InChI=1S/C13H22N2OS/c1-4-14-10-6-5-7-11-13(10)15-12(17-11)8-9(2)16-3/h9-10,14H,4-8H2,1-3H3. The zero-order valence-corrected chi connectivity index (χ0v) is 11.8. The number of nitrogens with one attached hydrogen (secondary N) is 1. The molecule has 4 heteroatoms. The highest BCUT2D eigenvalue weighted by atomic mass is 32.1. The van der Waals surface area contributed by atoms with E-state index in [0.29, 0.717) is 6.04 Å². The van der Waals surface area contributed by atoms with Crippen LogP contribution in [-0.4, -0.2) is 24.7 Å². The number of ether oxygens (including phenoxy) is 1. The van der Waals surface area contributed by atoms with Crippen LogP contribution in [0.1, 0.15) is 48.3 Å². The maximum absolute atomic E-state index is 5.31. The van der Waals surface area contributed by atoms with Crippen molar-refractivity contribution < 1.29 is 4.74 Å². The zero-order chi connectivity index (χ0) is 12.3. The molecule has 1 aromatic rings. The van der Waals surface area contributed by atoms with E-state index in [2.05, 4.69) is 19.2 Å². The highest BCUT2D eigenvalue weighted by Crippen LogP contribution is 2.33. The van der Waals surface area contributed by atoms with Crippen molar-refractivity contribution in [2.75, 3.05) is 13.7 Å². The van der Waals surface area contributed by atoms with Crippen molar-refractivity contribution in [3.63, 3.8) is 0 Å². The molecule has 96 valence electrons. The summed E-state index contributed by atoms with van der Waals surface area (Å²) in [6.07, 6.45) is 4.92. The Morgan fingerprint density at radius 2 is 2.41 bits per heavy atom. The average molecular weight is 254 g/mol. The molecule has 0 saturated heterocycles. The molecule has 1 aliphatic carbocycles. The lowest BCUT2D eigenvalue weighted by atomic mass is 9.98. The van der Waals surface area contributed by atoms with Crippen LogP contribution < -0.4 is 5.32 Å². The molecule has 2 unspecified atom stereocenters. The maximum Gasteiger partial charge on any atom is 0.0957 e. The van der Waals surface area contributed by atoms with Crippen molar-refractivity contribution in [3.05, 3.63) is 15.6 Å². The summed E-state index contributed by atoms with van der Waals surface area (Å²) in [5.74, 6) is 0. The fourth-order valence-corrected chi connectivity index (χ4v) is 3.62. The number of methoxy groups -OCH3 is 1. The predicted octanol–water partition coefficient (Wildman–Crippen LogP) is 2.71. The summed E-state index contributed by atoms with van der Waals surface area (Å²) < 4.78 is 5.31. The second-order valence-corrected chi connectivity index (χ2v) is 5.84. The third-order valence-corrected chi connectivity index (χ3v) is 4.47. The Labute approximate surface area is 108 Å². The predicted molar refractivity (Wildman–Crippen MR) is 71.6 cm³/mol. The van der Waals surface area contributed by atoms with Gasteiger partial charge in [0.2, 0.25) is 0 Å². The van der Waals surface area contributed by atoms with Gasteiger partial charge in [-0.25, -0.2) is 4.98 Å². The molecular formula is C13H22N2OS. The number of aromatic nitrogens is 1. The van der Waals surface area contributed by atoms with E-state index in [4.69, 9.17) is 9.72 Å². The van der Waals surface area contributed by atoms with E-state index in [1.54, 1.807) is 7.11 Å². The summed E-state index contributed by atoms with van der Waals surface area (Å²) in [4.78, 5) is 6.30. The average Bonchev–Trinajstić information content (AvgIpc) is 2.72. The van der Waals surface area contributed by atoms with E-state index in [9.17, 15) is 0 Å². The smallest absolute Gasteiger partial charge is 0.0957 e. The third kappa shape index (κ3) is 3.06. The zero-order valence-electron chi connectivity index (χ0n) is 11.0. The van der Waals surface area contributed by atoms with Gasteiger partial charge >= 0.3 is 0 Å². The topological polar surface area (TPSA) is 34.1 Å². The van der Waals surface area contributed by atoms with E-state index < -0.39 is 0 Å². The van der Waals surface area contributed by atoms with Gasteiger partial charge in [-0.1, -0.05) is 6.92 Å². The van der Waals surface area contributed by atoms with Gasteiger partial charge < -0.3 is 10.1 Å². The van der Waals surface area contributed by atoms with E-state index in [0.717, 1.165) is 13.0 Å². The molecule has 0 saturated carbocycles. The van der Waals surface area contributed by atoms with Gasteiger partial charge in [0.25, 0.3) is 0 Å². The maximum atomic E-state index is 5.31. The van der Waals surface area contributed by atoms with E-state index >= 15 is 0 Å². The van der Waals surface area contributed by atoms with Crippen molar-refractivity contribution in [2.45, 2.75) is 51.7 Å². The Morgan fingerprint density at radius 3 is 3.12 bits per heavy atom. The molecule has 1 aliphatic rings. The molecule has 17 heavy (non-hydrogen) atoms. The van der Waals surface area contributed by atoms with Crippen LogP contribution in [0.2, 0.25) is 0 Å². The largest absolute Gasteiger partial charge is 0.381 e. The fraction of sp³-hybridized carbons (Fsp3) is 0.769. The van der Waals surface area contributed by atoms with Gasteiger partial charge in [0.1, 0.15) is 0 Å². The molecule has 3 nitrogen and oxygen atoms in total. The van der Waals surface area contributed by atoms with Crippen LogP contribution in [0.3, 0.4) is 0 Å². The minimum absolute atomic E-state index is 0.264. The third-order valence-electron chi connectivity index (χ3n) is 3.31. The van der Waals surface area contributed by atoms with Crippen molar-refractivity contribution in [1.82, 2.24) is 10.3 Å². The van der Waals surface area contributed by atoms with Crippen molar-refractivity contribution >= 4 is 11.3 Å². The molecule has 2 rings (SSSR count). The summed E-state index contributed by atoms with van der Waals surface area (Å²) >= 11 is 1.88. The van der Waals surface area contributed by atoms with Crippen LogP contribution in [-0.2, 0) is 17.6 Å². The second-order valence-electron chi connectivity index (χ2n) is 4.67. The Hall–Kier alpha value is -0.450. The van der Waals surface area contributed by atoms with Gasteiger partial charge in [0.05, 0.1) is 22.8 Å². The first-order chi connectivity index (χ1) is 8.24. The molecule has 0 radical (unpaired) electrons. The minimum Gasteiger partial charge on any atom is -0.381 e. The molecule has 0 bridgehead atoms. The molecule has 1 heterocycles. The minimum atomic E-state index is 0.264. The monoisotopic (exact) mass is 254 g/mol. The van der Waals surface area contributed by atoms with Gasteiger partial charge in [0, 0.05) is 18.4 Å². The molecular weight excluding hydrogens is 232 g/mol. The van der Waals surface area contributed by atoms with Crippen LogP contribution in [0.25, 0.3) is 0 Å². The van der Waals surface area contributed by atoms with Crippen LogP contribution >= 0.6 is 11.3 Å². The lowest BCUT2D eigenvalue weighted by Crippen LogP contribution is -2.24. The Kier molecular flexibility index (Phi) is 4.54. The number of hydrogen-bond donors (Lipinski definition) is 1. The van der Waals surface area contributed by atoms with Gasteiger partial charge in [-0.3, -0.25) is 0 Å². The first-order valence-electron chi connectivity index (χ1n) is 6.49. The highest BCUT2D eigenvalue weighted by molar-refractivity contribution is 7.11. The Morgan fingerprint density at radius 1 is 1.59 bits per heavy atom. The van der Waals surface area contributed by atoms with Gasteiger partial charge in [0.15, 0.2) is 0 Å². The quantitative estimate of drug-likeness (QED) is 0.877. The number of nitrogens with zero attached hydrogens (tertiary/aromatic N) is 1. The van der Waals surface area contributed by atoms with Crippen molar-refractivity contribution in [1.29, 1.82) is 0 Å². The van der Waals surface area contributed by atoms with Crippen molar-refractivity contribution in [3.8, 4) is 0 Å². The SMILES string of the molecule is CCNC1CCCc2sc(CC(C)OC)nc21. The Bertz CT molecular complexity index is 364. The van der Waals surface area contributed by atoms with E-state index in [1.165, 1.54) is 34.8 Å². The summed E-state index contributed by atoms with van der Waals surface area (Å²) in [6.45, 7) is 5.28. The van der Waals surface area contributed by atoms with Gasteiger partial charge in [-0.15, -0.1) is 11.3 Å². The first kappa shape index (κ1) is 13.0. The summed E-state index contributed by atoms with van der Waals surface area (Å²) in [5.41, 5.74) is 1.31. The molecule has 0 spiro atoms. The fourth-order valence-electron chi connectivity index (χ4n) is 2.33. The molecule has 0 aliphatic heterocycles. The normalized spacial score (nSPS) is 21.2. The number of aryl methyl sites for hydroxylation is 1. The molecule has 0 aromatic carbocycles. The molecule has 2 atom stereocenters. The number of fused-ring (bicyclic) bond motifs is 1. The van der Waals surface area contributed by atoms with Gasteiger partial charge in [-0.2, -0.15) is 0 Å². The first-order valence-corrected chi connectivity index (χ1v) is 7.30. The highest BCUT2D eigenvalue weighted by Gasteiger charge is 2.24. The van der Waals surface area contributed by atoms with Gasteiger partial charge in [-0.05, 0) is 32.7 Å². The lowest BCUT2D eigenvalue weighted by molar-refractivity contribution is 0.118. The second kappa shape index (κ2) is 5.94. The molecule has 1 aromatic heterocycles. The summed E-state index contributed by atoms with van der Waals surface area (Å²) in [5, 5.41) is 4.76. The Balaban J connectivity index is 2.12.